The molecule has 0 aliphatic heterocycles. The molecule has 1 amide bonds. The number of aryl methyl sites for hydroxylation is 2. The van der Waals surface area contributed by atoms with Gasteiger partial charge in [0, 0.05) is 18.3 Å². The standard InChI is InChI=1S/C14H16N4O3/c1-8-5-12-15-6-11(9(2)18(12)16-8)14(21)17(7-13(19)20)10-3-4-10/h5-6,10H,3-4,7H2,1-2H3,(H,19,20). The van der Waals surface area contributed by atoms with Crippen LogP contribution in [0, 0.1) is 13.8 Å². The molecule has 1 fully saturated rings. The Balaban J connectivity index is 1.99. The molecule has 1 saturated carbocycles. The summed E-state index contributed by atoms with van der Waals surface area (Å²) in [6, 6.07) is 1.86. The molecule has 0 atom stereocenters. The summed E-state index contributed by atoms with van der Waals surface area (Å²) in [6.45, 7) is 3.37. The van der Waals surface area contributed by atoms with E-state index in [2.05, 4.69) is 10.1 Å². The minimum atomic E-state index is -1.00. The fourth-order valence-electron chi connectivity index (χ4n) is 2.43. The lowest BCUT2D eigenvalue weighted by atomic mass is 10.2. The first kappa shape index (κ1) is 13.5. The molecule has 2 heterocycles. The van der Waals surface area contributed by atoms with E-state index in [9.17, 15) is 9.59 Å². The average molecular weight is 288 g/mol. The zero-order valence-corrected chi connectivity index (χ0v) is 11.9. The van der Waals surface area contributed by atoms with Gasteiger partial charge in [0.25, 0.3) is 5.91 Å². The number of fused-ring (bicyclic) bond motifs is 1. The van der Waals surface area contributed by atoms with Crippen LogP contribution in [0.2, 0.25) is 0 Å². The molecule has 21 heavy (non-hydrogen) atoms. The highest BCUT2D eigenvalue weighted by Gasteiger charge is 2.35. The van der Waals surface area contributed by atoms with Gasteiger partial charge in [-0.1, -0.05) is 0 Å². The van der Waals surface area contributed by atoms with E-state index in [0.717, 1.165) is 18.5 Å². The number of hydrogen-bond acceptors (Lipinski definition) is 4. The minimum Gasteiger partial charge on any atom is -0.480 e. The first-order valence-corrected chi connectivity index (χ1v) is 6.82. The Labute approximate surface area is 121 Å². The molecule has 1 N–H and O–H groups in total. The lowest BCUT2D eigenvalue weighted by Gasteiger charge is -2.21. The summed E-state index contributed by atoms with van der Waals surface area (Å²) in [5.74, 6) is -1.29. The van der Waals surface area contributed by atoms with E-state index in [1.807, 2.05) is 13.0 Å². The van der Waals surface area contributed by atoms with E-state index in [0.29, 0.717) is 16.9 Å². The number of carboxylic acids is 1. The van der Waals surface area contributed by atoms with Crippen LogP contribution >= 0.6 is 0 Å². The lowest BCUT2D eigenvalue weighted by Crippen LogP contribution is -2.38. The van der Waals surface area contributed by atoms with Gasteiger partial charge in [0.1, 0.15) is 6.54 Å². The van der Waals surface area contributed by atoms with Gasteiger partial charge in [-0.3, -0.25) is 9.59 Å². The van der Waals surface area contributed by atoms with Crippen LogP contribution in [0.25, 0.3) is 5.65 Å². The Morgan fingerprint density at radius 1 is 1.43 bits per heavy atom. The number of carbonyl (C=O) groups is 2. The van der Waals surface area contributed by atoms with Crippen molar-refractivity contribution >= 4 is 17.5 Å². The number of aliphatic carboxylic acids is 1. The van der Waals surface area contributed by atoms with Crippen molar-refractivity contribution in [3.8, 4) is 0 Å². The van der Waals surface area contributed by atoms with Crippen LogP contribution in [-0.2, 0) is 4.79 Å². The number of carbonyl (C=O) groups excluding carboxylic acids is 1. The molecule has 110 valence electrons. The Morgan fingerprint density at radius 3 is 2.76 bits per heavy atom. The Morgan fingerprint density at radius 2 is 2.14 bits per heavy atom. The maximum Gasteiger partial charge on any atom is 0.323 e. The minimum absolute atomic E-state index is 0.0306. The Bertz CT molecular complexity index is 733. The van der Waals surface area contributed by atoms with Gasteiger partial charge in [0.15, 0.2) is 5.65 Å². The molecular formula is C14H16N4O3. The second-order valence-corrected chi connectivity index (χ2v) is 5.37. The molecule has 2 aromatic heterocycles. The molecule has 0 unspecified atom stereocenters. The topological polar surface area (TPSA) is 87.8 Å². The van der Waals surface area contributed by atoms with Crippen LogP contribution < -0.4 is 0 Å². The molecule has 0 aromatic carbocycles. The lowest BCUT2D eigenvalue weighted by molar-refractivity contribution is -0.137. The number of carboxylic acid groups (broad SMARTS) is 1. The van der Waals surface area contributed by atoms with Gasteiger partial charge in [0.2, 0.25) is 0 Å². The fraction of sp³-hybridized carbons (Fsp3) is 0.429. The van der Waals surface area contributed by atoms with Gasteiger partial charge in [-0.15, -0.1) is 0 Å². The fourth-order valence-corrected chi connectivity index (χ4v) is 2.43. The summed E-state index contributed by atoms with van der Waals surface area (Å²) < 4.78 is 1.62. The summed E-state index contributed by atoms with van der Waals surface area (Å²) >= 11 is 0. The van der Waals surface area contributed by atoms with Crippen LogP contribution in [-0.4, -0.2) is 49.1 Å². The van der Waals surface area contributed by atoms with Crippen molar-refractivity contribution in [2.45, 2.75) is 32.7 Å². The monoisotopic (exact) mass is 288 g/mol. The van der Waals surface area contributed by atoms with Crippen molar-refractivity contribution in [1.29, 1.82) is 0 Å². The van der Waals surface area contributed by atoms with Crippen LogP contribution in [0.4, 0.5) is 0 Å². The molecule has 1 aliphatic rings. The van der Waals surface area contributed by atoms with Crippen molar-refractivity contribution in [3.63, 3.8) is 0 Å². The first-order chi connectivity index (χ1) is 9.97. The molecule has 1 aliphatic carbocycles. The highest BCUT2D eigenvalue weighted by molar-refractivity contribution is 5.97. The summed E-state index contributed by atoms with van der Waals surface area (Å²) in [5, 5.41) is 13.3. The predicted molar refractivity (Wildman–Crippen MR) is 74.2 cm³/mol. The van der Waals surface area contributed by atoms with Crippen molar-refractivity contribution in [2.24, 2.45) is 0 Å². The van der Waals surface area contributed by atoms with E-state index >= 15 is 0 Å². The maximum absolute atomic E-state index is 12.6. The van der Waals surface area contributed by atoms with Gasteiger partial charge in [-0.2, -0.15) is 5.10 Å². The van der Waals surface area contributed by atoms with E-state index in [1.165, 1.54) is 11.1 Å². The average Bonchev–Trinajstić information content (AvgIpc) is 3.18. The Kier molecular flexibility index (Phi) is 3.12. The highest BCUT2D eigenvalue weighted by atomic mass is 16.4. The number of hydrogen-bond donors (Lipinski definition) is 1. The predicted octanol–water partition coefficient (Wildman–Crippen LogP) is 1.04. The summed E-state index contributed by atoms with van der Waals surface area (Å²) in [5.41, 5.74) is 2.57. The van der Waals surface area contributed by atoms with Gasteiger partial charge >= 0.3 is 5.97 Å². The quantitative estimate of drug-likeness (QED) is 0.908. The summed E-state index contributed by atoms with van der Waals surface area (Å²) in [6.07, 6.45) is 3.22. The van der Waals surface area contributed by atoms with Crippen molar-refractivity contribution < 1.29 is 14.7 Å². The van der Waals surface area contributed by atoms with Gasteiger partial charge < -0.3 is 10.0 Å². The smallest absolute Gasteiger partial charge is 0.323 e. The zero-order chi connectivity index (χ0) is 15.1. The van der Waals surface area contributed by atoms with Crippen LogP contribution in [0.3, 0.4) is 0 Å². The summed E-state index contributed by atoms with van der Waals surface area (Å²) in [4.78, 5) is 29.2. The molecule has 2 aromatic rings. The normalized spacial score (nSPS) is 14.4. The number of nitrogens with zero attached hydrogens (tertiary/aromatic N) is 4. The molecule has 0 radical (unpaired) electrons. The third-order valence-corrected chi connectivity index (χ3v) is 3.63. The van der Waals surface area contributed by atoms with E-state index in [1.54, 1.807) is 11.4 Å². The van der Waals surface area contributed by atoms with Crippen molar-refractivity contribution in [2.75, 3.05) is 6.54 Å². The maximum atomic E-state index is 12.6. The second kappa shape index (κ2) is 4.83. The highest BCUT2D eigenvalue weighted by Crippen LogP contribution is 2.28. The second-order valence-electron chi connectivity index (χ2n) is 5.37. The molecule has 3 rings (SSSR count). The van der Waals surface area contributed by atoms with Gasteiger partial charge in [0.05, 0.1) is 17.0 Å². The molecule has 0 saturated heterocycles. The zero-order valence-electron chi connectivity index (χ0n) is 11.9. The van der Waals surface area contributed by atoms with Crippen LogP contribution in [0.5, 0.6) is 0 Å². The molecule has 7 heteroatoms. The van der Waals surface area contributed by atoms with Crippen molar-refractivity contribution in [3.05, 3.63) is 29.2 Å². The largest absolute Gasteiger partial charge is 0.480 e. The number of rotatable bonds is 4. The molecule has 0 spiro atoms. The van der Waals surface area contributed by atoms with Crippen molar-refractivity contribution in [1.82, 2.24) is 19.5 Å². The van der Waals surface area contributed by atoms with E-state index in [-0.39, 0.29) is 18.5 Å². The molecule has 0 bridgehead atoms. The first-order valence-electron chi connectivity index (χ1n) is 6.82. The van der Waals surface area contributed by atoms with Crippen LogP contribution in [0.1, 0.15) is 34.6 Å². The van der Waals surface area contributed by atoms with E-state index < -0.39 is 5.97 Å². The number of amides is 1. The third-order valence-electron chi connectivity index (χ3n) is 3.63. The van der Waals surface area contributed by atoms with Gasteiger partial charge in [-0.05, 0) is 26.7 Å². The SMILES string of the molecule is Cc1cc2ncc(C(=O)N(CC(=O)O)C3CC3)c(C)n2n1. The van der Waals surface area contributed by atoms with Gasteiger partial charge in [-0.25, -0.2) is 9.50 Å². The Hall–Kier alpha value is -2.44. The third kappa shape index (κ3) is 2.46. The number of aromatic nitrogens is 3. The summed E-state index contributed by atoms with van der Waals surface area (Å²) in [7, 11) is 0. The van der Waals surface area contributed by atoms with Crippen LogP contribution in [0.15, 0.2) is 12.3 Å². The molecular weight excluding hydrogens is 272 g/mol. The molecule has 7 nitrogen and oxygen atoms in total. The van der Waals surface area contributed by atoms with E-state index in [4.69, 9.17) is 5.11 Å².